The van der Waals surface area contributed by atoms with E-state index in [9.17, 15) is 9.90 Å². The van der Waals surface area contributed by atoms with E-state index < -0.39 is 5.97 Å². The molecule has 0 saturated heterocycles. The molecule has 0 aliphatic heterocycles. The van der Waals surface area contributed by atoms with Crippen LogP contribution in [0.4, 0.5) is 0 Å². The molecule has 1 heterocycles. The Bertz CT molecular complexity index is 415. The van der Waals surface area contributed by atoms with E-state index in [0.717, 1.165) is 24.8 Å². The maximum Gasteiger partial charge on any atom is 0.371 e. The Hall–Kier alpha value is -1.33. The van der Waals surface area contributed by atoms with E-state index in [0.29, 0.717) is 12.3 Å². The van der Waals surface area contributed by atoms with E-state index in [1.54, 1.807) is 6.92 Å². The molecule has 1 saturated carbocycles. The Balaban J connectivity index is 2.01. The van der Waals surface area contributed by atoms with Crippen molar-refractivity contribution >= 4 is 5.97 Å². The lowest BCUT2D eigenvalue weighted by molar-refractivity contribution is 0.0661. The molecule has 0 amide bonds. The van der Waals surface area contributed by atoms with Crippen molar-refractivity contribution in [2.45, 2.75) is 38.3 Å². The molecule has 1 aliphatic carbocycles. The second-order valence-corrected chi connectivity index (χ2v) is 4.64. The lowest BCUT2D eigenvalue weighted by Crippen LogP contribution is -2.53. The number of hydrogen-bond donors (Lipinski definition) is 3. The van der Waals surface area contributed by atoms with Crippen LogP contribution in [-0.4, -0.2) is 28.3 Å². The first-order valence-electron chi connectivity index (χ1n) is 5.75. The molecule has 0 atom stereocenters. The van der Waals surface area contributed by atoms with Crippen LogP contribution in [0.2, 0.25) is 0 Å². The zero-order valence-corrected chi connectivity index (χ0v) is 9.82. The van der Waals surface area contributed by atoms with Gasteiger partial charge in [-0.3, -0.25) is 0 Å². The fourth-order valence-corrected chi connectivity index (χ4v) is 2.08. The molecule has 0 radical (unpaired) electrons. The van der Waals surface area contributed by atoms with E-state index in [2.05, 4.69) is 5.32 Å². The summed E-state index contributed by atoms with van der Waals surface area (Å²) in [7, 11) is 0. The summed E-state index contributed by atoms with van der Waals surface area (Å²) in [5.41, 5.74) is 0.662. The predicted octanol–water partition coefficient (Wildman–Crippen LogP) is 1.29. The highest BCUT2D eigenvalue weighted by Crippen LogP contribution is 2.31. The summed E-state index contributed by atoms with van der Waals surface area (Å²) in [5.74, 6) is -0.479. The Labute approximate surface area is 99.4 Å². The van der Waals surface area contributed by atoms with Gasteiger partial charge in [0.2, 0.25) is 5.76 Å². The summed E-state index contributed by atoms with van der Waals surface area (Å²) in [6.45, 7) is 2.40. The van der Waals surface area contributed by atoms with Gasteiger partial charge in [-0.05, 0) is 32.3 Å². The van der Waals surface area contributed by atoms with Gasteiger partial charge in [0, 0.05) is 17.6 Å². The van der Waals surface area contributed by atoms with Crippen LogP contribution < -0.4 is 5.32 Å². The summed E-state index contributed by atoms with van der Waals surface area (Å²) in [6, 6.07) is 1.54. The molecular weight excluding hydrogens is 222 g/mol. The first-order valence-corrected chi connectivity index (χ1v) is 5.75. The van der Waals surface area contributed by atoms with Crippen LogP contribution in [0.5, 0.6) is 0 Å². The Morgan fingerprint density at radius 3 is 2.71 bits per heavy atom. The van der Waals surface area contributed by atoms with Gasteiger partial charge in [0.25, 0.3) is 0 Å². The third kappa shape index (κ3) is 2.35. The minimum absolute atomic E-state index is 0.0362. The van der Waals surface area contributed by atoms with Crippen molar-refractivity contribution in [2.75, 3.05) is 6.61 Å². The Kier molecular flexibility index (Phi) is 3.22. The number of furan rings is 1. The molecule has 1 aromatic rings. The van der Waals surface area contributed by atoms with Crippen LogP contribution in [-0.2, 0) is 6.54 Å². The van der Waals surface area contributed by atoms with Crippen molar-refractivity contribution in [2.24, 2.45) is 0 Å². The van der Waals surface area contributed by atoms with Gasteiger partial charge in [-0.2, -0.15) is 0 Å². The maximum absolute atomic E-state index is 10.7. The molecular formula is C12H17NO4. The molecule has 0 aromatic carbocycles. The van der Waals surface area contributed by atoms with Crippen LogP contribution in [0.3, 0.4) is 0 Å². The quantitative estimate of drug-likeness (QED) is 0.721. The van der Waals surface area contributed by atoms with Gasteiger partial charge in [0.05, 0.1) is 6.61 Å². The van der Waals surface area contributed by atoms with Crippen LogP contribution in [0.15, 0.2) is 10.5 Å². The van der Waals surface area contributed by atoms with Crippen LogP contribution in [0, 0.1) is 6.92 Å². The summed E-state index contributed by atoms with van der Waals surface area (Å²) < 4.78 is 5.12. The summed E-state index contributed by atoms with van der Waals surface area (Å²) in [4.78, 5) is 10.7. The van der Waals surface area contributed by atoms with Gasteiger partial charge in [-0.25, -0.2) is 4.79 Å². The zero-order valence-electron chi connectivity index (χ0n) is 9.82. The fourth-order valence-electron chi connectivity index (χ4n) is 2.08. The van der Waals surface area contributed by atoms with Gasteiger partial charge in [-0.15, -0.1) is 0 Å². The van der Waals surface area contributed by atoms with E-state index in [1.165, 1.54) is 6.07 Å². The molecule has 1 fully saturated rings. The third-order valence-corrected chi connectivity index (χ3v) is 3.50. The molecule has 17 heavy (non-hydrogen) atoms. The monoisotopic (exact) mass is 239 g/mol. The van der Waals surface area contributed by atoms with Crippen LogP contribution in [0.25, 0.3) is 0 Å². The average Bonchev–Trinajstić information content (AvgIpc) is 2.60. The zero-order chi connectivity index (χ0) is 12.5. The van der Waals surface area contributed by atoms with E-state index in [-0.39, 0.29) is 17.9 Å². The van der Waals surface area contributed by atoms with E-state index in [1.807, 2.05) is 0 Å². The highest BCUT2D eigenvalue weighted by Gasteiger charge is 2.35. The lowest BCUT2D eigenvalue weighted by Gasteiger charge is -2.41. The first kappa shape index (κ1) is 12.1. The maximum atomic E-state index is 10.7. The number of nitrogens with one attached hydrogen (secondary N) is 1. The molecule has 0 spiro atoms. The summed E-state index contributed by atoms with van der Waals surface area (Å²) >= 11 is 0. The third-order valence-electron chi connectivity index (χ3n) is 3.50. The summed E-state index contributed by atoms with van der Waals surface area (Å²) in [6.07, 6.45) is 3.05. The van der Waals surface area contributed by atoms with Crippen molar-refractivity contribution in [1.82, 2.24) is 5.32 Å². The average molecular weight is 239 g/mol. The van der Waals surface area contributed by atoms with Gasteiger partial charge >= 0.3 is 5.97 Å². The van der Waals surface area contributed by atoms with Crippen molar-refractivity contribution in [3.8, 4) is 0 Å². The predicted molar refractivity (Wildman–Crippen MR) is 60.9 cm³/mol. The van der Waals surface area contributed by atoms with Gasteiger partial charge in [0.1, 0.15) is 5.76 Å². The lowest BCUT2D eigenvalue weighted by atomic mass is 9.77. The SMILES string of the molecule is Cc1oc(C(=O)O)cc1CNC1(CO)CCC1. The Morgan fingerprint density at radius 2 is 2.29 bits per heavy atom. The van der Waals surface area contributed by atoms with Crippen LogP contribution in [0.1, 0.15) is 41.1 Å². The highest BCUT2D eigenvalue weighted by molar-refractivity contribution is 5.84. The van der Waals surface area contributed by atoms with Crippen molar-refractivity contribution in [3.05, 3.63) is 23.2 Å². The number of aromatic carboxylic acids is 1. The number of aryl methyl sites for hydroxylation is 1. The molecule has 0 bridgehead atoms. The van der Waals surface area contributed by atoms with Gasteiger partial charge < -0.3 is 19.9 Å². The van der Waals surface area contributed by atoms with E-state index >= 15 is 0 Å². The molecule has 5 heteroatoms. The van der Waals surface area contributed by atoms with Gasteiger partial charge in [-0.1, -0.05) is 0 Å². The topological polar surface area (TPSA) is 82.7 Å². The first-order chi connectivity index (χ1) is 8.06. The standard InChI is InChI=1S/C12H17NO4/c1-8-9(5-10(17-8)11(15)16)6-13-12(7-14)3-2-4-12/h5,13-14H,2-4,6-7H2,1H3,(H,15,16). The fraction of sp³-hybridized carbons (Fsp3) is 0.583. The van der Waals surface area contributed by atoms with Gasteiger partial charge in [0.15, 0.2) is 0 Å². The number of carboxylic acids is 1. The second-order valence-electron chi connectivity index (χ2n) is 4.64. The molecule has 5 nitrogen and oxygen atoms in total. The molecule has 0 unspecified atom stereocenters. The number of hydrogen-bond acceptors (Lipinski definition) is 4. The number of aliphatic hydroxyl groups is 1. The summed E-state index contributed by atoms with van der Waals surface area (Å²) in [5, 5.41) is 21.4. The number of rotatable bonds is 5. The minimum atomic E-state index is -1.06. The second kappa shape index (κ2) is 4.50. The highest BCUT2D eigenvalue weighted by atomic mass is 16.4. The van der Waals surface area contributed by atoms with E-state index in [4.69, 9.17) is 9.52 Å². The molecule has 94 valence electrons. The molecule has 3 N–H and O–H groups in total. The number of aliphatic hydroxyl groups excluding tert-OH is 1. The van der Waals surface area contributed by atoms with Crippen molar-refractivity contribution < 1.29 is 19.4 Å². The molecule has 2 rings (SSSR count). The van der Waals surface area contributed by atoms with Crippen molar-refractivity contribution in [1.29, 1.82) is 0 Å². The normalized spacial score (nSPS) is 17.8. The number of carbonyl (C=O) groups is 1. The molecule has 1 aromatic heterocycles. The Morgan fingerprint density at radius 1 is 1.59 bits per heavy atom. The number of carboxylic acid groups (broad SMARTS) is 1. The molecule has 1 aliphatic rings. The smallest absolute Gasteiger partial charge is 0.371 e. The van der Waals surface area contributed by atoms with Crippen molar-refractivity contribution in [3.63, 3.8) is 0 Å². The largest absolute Gasteiger partial charge is 0.475 e. The van der Waals surface area contributed by atoms with Crippen LogP contribution >= 0.6 is 0 Å². The minimum Gasteiger partial charge on any atom is -0.475 e.